The van der Waals surface area contributed by atoms with Gasteiger partial charge in [-0.1, -0.05) is 41.4 Å². The van der Waals surface area contributed by atoms with Gasteiger partial charge in [-0.15, -0.1) is 0 Å². The molecule has 0 aliphatic carbocycles. The van der Waals surface area contributed by atoms with Gasteiger partial charge in [0.1, 0.15) is 12.4 Å². The number of allylic oxidation sites excluding steroid dienone is 1. The quantitative estimate of drug-likeness (QED) is 0.687. The average molecular weight is 404 g/mol. The van der Waals surface area contributed by atoms with Crippen molar-refractivity contribution in [1.29, 1.82) is 0 Å². The van der Waals surface area contributed by atoms with Crippen LogP contribution in [-0.4, -0.2) is 25.3 Å². The van der Waals surface area contributed by atoms with Crippen molar-refractivity contribution < 1.29 is 4.74 Å². The number of piperidine rings is 1. The number of ether oxygens (including phenoxy) is 1. The average Bonchev–Trinajstić information content (AvgIpc) is 2.69. The molecular weight excluding hydrogens is 381 g/mol. The molecular formula is C21H23Cl2N3O. The highest BCUT2D eigenvalue weighted by Gasteiger charge is 2.11. The Bertz CT molecular complexity index is 830. The van der Waals surface area contributed by atoms with Gasteiger partial charge < -0.3 is 15.8 Å². The zero-order valence-corrected chi connectivity index (χ0v) is 16.5. The predicted octanol–water partition coefficient (Wildman–Crippen LogP) is 4.69. The van der Waals surface area contributed by atoms with E-state index in [0.717, 1.165) is 48.4 Å². The summed E-state index contributed by atoms with van der Waals surface area (Å²) >= 11 is 12.1. The second-order valence-electron chi connectivity index (χ2n) is 6.43. The molecule has 1 aliphatic heterocycles. The Hall–Kier alpha value is -2.01. The van der Waals surface area contributed by atoms with Gasteiger partial charge in [0, 0.05) is 33.6 Å². The van der Waals surface area contributed by atoms with Gasteiger partial charge in [0.05, 0.1) is 6.04 Å². The number of benzene rings is 2. The molecule has 0 atom stereocenters. The highest BCUT2D eigenvalue weighted by molar-refractivity contribution is 6.35. The number of hydrogen-bond donors (Lipinski definition) is 2. The van der Waals surface area contributed by atoms with Crippen LogP contribution in [0.2, 0.25) is 10.0 Å². The van der Waals surface area contributed by atoms with Crippen LogP contribution in [0, 0.1) is 0 Å². The van der Waals surface area contributed by atoms with Crippen LogP contribution in [0.15, 0.2) is 53.7 Å². The van der Waals surface area contributed by atoms with Crippen molar-refractivity contribution in [2.45, 2.75) is 25.5 Å². The molecule has 0 bridgehead atoms. The first-order chi connectivity index (χ1) is 13.2. The van der Waals surface area contributed by atoms with E-state index in [1.54, 1.807) is 18.3 Å². The summed E-state index contributed by atoms with van der Waals surface area (Å²) in [4.78, 5) is 4.69. The van der Waals surface area contributed by atoms with Crippen LogP contribution in [-0.2, 0) is 6.61 Å². The van der Waals surface area contributed by atoms with Crippen LogP contribution in [0.3, 0.4) is 0 Å². The minimum atomic E-state index is 0.354. The summed E-state index contributed by atoms with van der Waals surface area (Å²) in [5.41, 5.74) is 8.56. The fourth-order valence-corrected chi connectivity index (χ4v) is 3.38. The fourth-order valence-electron chi connectivity index (χ4n) is 2.92. The van der Waals surface area contributed by atoms with Gasteiger partial charge >= 0.3 is 0 Å². The van der Waals surface area contributed by atoms with E-state index >= 15 is 0 Å². The zero-order chi connectivity index (χ0) is 19.1. The lowest BCUT2D eigenvalue weighted by Gasteiger charge is -2.18. The zero-order valence-electron chi connectivity index (χ0n) is 15.0. The molecule has 0 aromatic heterocycles. The van der Waals surface area contributed by atoms with E-state index in [0.29, 0.717) is 22.7 Å². The maximum atomic E-state index is 6.20. The van der Waals surface area contributed by atoms with Gasteiger partial charge in [0.25, 0.3) is 0 Å². The lowest BCUT2D eigenvalue weighted by molar-refractivity contribution is 0.306. The van der Waals surface area contributed by atoms with Crippen LogP contribution in [0.1, 0.15) is 24.0 Å². The van der Waals surface area contributed by atoms with Crippen molar-refractivity contribution >= 4 is 35.0 Å². The molecule has 1 fully saturated rings. The van der Waals surface area contributed by atoms with E-state index in [4.69, 9.17) is 33.7 Å². The molecule has 0 radical (unpaired) electrons. The van der Waals surface area contributed by atoms with E-state index in [1.807, 2.05) is 36.5 Å². The molecule has 142 valence electrons. The van der Waals surface area contributed by atoms with Gasteiger partial charge in [-0.05, 0) is 55.8 Å². The number of nitrogens with two attached hydrogens (primary N) is 1. The molecule has 0 unspecified atom stereocenters. The number of rotatable bonds is 6. The Morgan fingerprint density at radius 1 is 1.19 bits per heavy atom. The van der Waals surface area contributed by atoms with Crippen molar-refractivity contribution in [3.8, 4) is 5.75 Å². The maximum Gasteiger partial charge on any atom is 0.120 e. The third kappa shape index (κ3) is 5.73. The van der Waals surface area contributed by atoms with Gasteiger partial charge in [0.15, 0.2) is 0 Å². The molecule has 3 rings (SSSR count). The van der Waals surface area contributed by atoms with Crippen LogP contribution in [0.5, 0.6) is 5.75 Å². The normalized spacial score (nSPS) is 16.0. The smallest absolute Gasteiger partial charge is 0.120 e. The minimum absolute atomic E-state index is 0.354. The van der Waals surface area contributed by atoms with E-state index in [9.17, 15) is 0 Å². The number of halogens is 2. The van der Waals surface area contributed by atoms with Crippen LogP contribution < -0.4 is 15.8 Å². The molecule has 2 aromatic rings. The van der Waals surface area contributed by atoms with E-state index in [1.165, 1.54) is 0 Å². The van der Waals surface area contributed by atoms with Crippen molar-refractivity contribution in [2.75, 3.05) is 13.1 Å². The number of hydrogen-bond acceptors (Lipinski definition) is 4. The van der Waals surface area contributed by atoms with Crippen LogP contribution in [0.25, 0.3) is 5.57 Å². The molecule has 0 saturated carbocycles. The molecule has 3 N–H and O–H groups in total. The first-order valence-corrected chi connectivity index (χ1v) is 9.74. The van der Waals surface area contributed by atoms with Crippen molar-refractivity contribution in [2.24, 2.45) is 10.7 Å². The van der Waals surface area contributed by atoms with E-state index in [2.05, 4.69) is 10.3 Å². The van der Waals surface area contributed by atoms with E-state index in [-0.39, 0.29) is 0 Å². The van der Waals surface area contributed by atoms with E-state index < -0.39 is 0 Å². The highest BCUT2D eigenvalue weighted by atomic mass is 35.5. The standard InChI is InChI=1S/C21H23Cl2N3O/c22-18-5-4-16(21(23)11-18)14-27-20-3-1-2-15(10-20)17(12-24)13-26-19-6-8-25-9-7-19/h1-5,10-13,19,25H,6-9,14,24H2. The molecule has 6 heteroatoms. The lowest BCUT2D eigenvalue weighted by atomic mass is 10.1. The summed E-state index contributed by atoms with van der Waals surface area (Å²) < 4.78 is 5.89. The Labute approximate surface area is 170 Å². The molecule has 1 aliphatic rings. The summed E-state index contributed by atoms with van der Waals surface area (Å²) in [6, 6.07) is 13.5. The Kier molecular flexibility index (Phi) is 7.16. The number of nitrogens with one attached hydrogen (secondary N) is 1. The Morgan fingerprint density at radius 3 is 2.74 bits per heavy atom. The lowest BCUT2D eigenvalue weighted by Crippen LogP contribution is -2.29. The first kappa shape index (κ1) is 19.7. The highest BCUT2D eigenvalue weighted by Crippen LogP contribution is 2.24. The van der Waals surface area contributed by atoms with Crippen molar-refractivity contribution in [3.05, 3.63) is 69.8 Å². The summed E-state index contributed by atoms with van der Waals surface area (Å²) in [6.07, 6.45) is 5.56. The number of aliphatic imine (C=N–C) groups is 1. The third-order valence-electron chi connectivity index (χ3n) is 4.49. The van der Waals surface area contributed by atoms with Crippen LogP contribution in [0.4, 0.5) is 0 Å². The molecule has 0 amide bonds. The largest absolute Gasteiger partial charge is 0.489 e. The second kappa shape index (κ2) is 9.79. The minimum Gasteiger partial charge on any atom is -0.489 e. The summed E-state index contributed by atoms with van der Waals surface area (Å²) in [5, 5.41) is 4.54. The molecule has 1 saturated heterocycles. The Morgan fingerprint density at radius 2 is 2.00 bits per heavy atom. The van der Waals surface area contributed by atoms with Gasteiger partial charge in [0.2, 0.25) is 0 Å². The topological polar surface area (TPSA) is 59.6 Å². The van der Waals surface area contributed by atoms with Crippen LogP contribution >= 0.6 is 23.2 Å². The molecule has 27 heavy (non-hydrogen) atoms. The molecule has 1 heterocycles. The summed E-state index contributed by atoms with van der Waals surface area (Å²) in [5.74, 6) is 0.744. The van der Waals surface area contributed by atoms with Gasteiger partial charge in [-0.2, -0.15) is 0 Å². The van der Waals surface area contributed by atoms with Crippen molar-refractivity contribution in [1.82, 2.24) is 5.32 Å². The number of nitrogens with zero attached hydrogens (tertiary/aromatic N) is 1. The van der Waals surface area contributed by atoms with Gasteiger partial charge in [-0.25, -0.2) is 0 Å². The van der Waals surface area contributed by atoms with Crippen molar-refractivity contribution in [3.63, 3.8) is 0 Å². The fraction of sp³-hybridized carbons (Fsp3) is 0.286. The predicted molar refractivity (Wildman–Crippen MR) is 114 cm³/mol. The molecule has 0 spiro atoms. The molecule has 2 aromatic carbocycles. The summed E-state index contributed by atoms with van der Waals surface area (Å²) in [7, 11) is 0. The Balaban J connectivity index is 1.67. The monoisotopic (exact) mass is 403 g/mol. The SMILES string of the molecule is NC=C(C=NC1CCNCC1)c1cccc(OCc2ccc(Cl)cc2Cl)c1. The third-order valence-corrected chi connectivity index (χ3v) is 5.08. The molecule has 4 nitrogen and oxygen atoms in total. The first-order valence-electron chi connectivity index (χ1n) is 8.98. The summed E-state index contributed by atoms with van der Waals surface area (Å²) in [6.45, 7) is 2.39. The second-order valence-corrected chi connectivity index (χ2v) is 7.28. The van der Waals surface area contributed by atoms with Gasteiger partial charge in [-0.3, -0.25) is 4.99 Å². The maximum absolute atomic E-state index is 6.20.